The fourth-order valence-electron chi connectivity index (χ4n) is 2.44. The van der Waals surface area contributed by atoms with Gasteiger partial charge in [-0.2, -0.15) is 0 Å². The second-order valence-corrected chi connectivity index (χ2v) is 6.29. The van der Waals surface area contributed by atoms with Crippen LogP contribution in [0.15, 0.2) is 60.0 Å². The minimum Gasteiger partial charge on any atom is -1.00 e. The fraction of sp³-hybridized carbons (Fsp3) is 0.211. The lowest BCUT2D eigenvalue weighted by atomic mass is 10.1. The normalized spacial score (nSPS) is 10.2. The molecule has 0 aliphatic heterocycles. The van der Waals surface area contributed by atoms with Crippen LogP contribution >= 0.6 is 11.3 Å². The third-order valence-electron chi connectivity index (χ3n) is 3.71. The highest BCUT2D eigenvalue weighted by Gasteiger charge is 2.19. The van der Waals surface area contributed by atoms with E-state index in [-0.39, 0.29) is 17.0 Å². The van der Waals surface area contributed by atoms with Crippen LogP contribution in [-0.2, 0) is 11.3 Å². The molecule has 126 valence electrons. The molecule has 0 spiro atoms. The van der Waals surface area contributed by atoms with E-state index in [1.165, 1.54) is 16.8 Å². The minimum absolute atomic E-state index is 0. The van der Waals surface area contributed by atoms with Gasteiger partial charge in [0.05, 0.1) is 6.61 Å². The zero-order chi connectivity index (χ0) is 16.1. The molecular formula is C19H21BrN2OS. The van der Waals surface area contributed by atoms with Gasteiger partial charge in [-0.1, -0.05) is 59.4 Å². The Kier molecular flexibility index (Phi) is 6.97. The SMILES string of the molecule is COCC[n+]1c(-c2ccc(C)cc2)csc1Nc1ccccc1.[Br-]. The number of hydrogen-bond donors (Lipinski definition) is 1. The van der Waals surface area contributed by atoms with Crippen molar-refractivity contribution in [3.05, 3.63) is 65.5 Å². The predicted octanol–water partition coefficient (Wildman–Crippen LogP) is 1.41. The molecule has 1 N–H and O–H groups in total. The summed E-state index contributed by atoms with van der Waals surface area (Å²) in [4.78, 5) is 0. The first kappa shape index (κ1) is 18.6. The van der Waals surface area contributed by atoms with Crippen LogP contribution in [0.4, 0.5) is 10.8 Å². The lowest BCUT2D eigenvalue weighted by Crippen LogP contribution is -3.00. The van der Waals surface area contributed by atoms with E-state index in [1.54, 1.807) is 18.4 Å². The van der Waals surface area contributed by atoms with Crippen molar-refractivity contribution < 1.29 is 26.3 Å². The molecule has 0 aliphatic rings. The maximum absolute atomic E-state index is 5.29. The molecule has 0 bridgehead atoms. The Hall–Kier alpha value is -1.69. The van der Waals surface area contributed by atoms with Crippen LogP contribution in [-0.4, -0.2) is 13.7 Å². The number of aromatic nitrogens is 1. The van der Waals surface area contributed by atoms with E-state index in [4.69, 9.17) is 4.74 Å². The third kappa shape index (κ3) is 4.44. The van der Waals surface area contributed by atoms with Crippen molar-refractivity contribution in [1.29, 1.82) is 0 Å². The number of rotatable bonds is 6. The first-order chi connectivity index (χ1) is 11.3. The monoisotopic (exact) mass is 404 g/mol. The number of methoxy groups -OCH3 is 1. The number of halogens is 1. The molecule has 0 saturated heterocycles. The highest BCUT2D eigenvalue weighted by Crippen LogP contribution is 2.25. The van der Waals surface area contributed by atoms with E-state index in [0.717, 1.165) is 17.4 Å². The molecule has 0 aliphatic carbocycles. The van der Waals surface area contributed by atoms with Gasteiger partial charge in [0.2, 0.25) is 0 Å². The number of benzene rings is 2. The van der Waals surface area contributed by atoms with Crippen LogP contribution in [0.25, 0.3) is 11.3 Å². The molecule has 3 aromatic rings. The largest absolute Gasteiger partial charge is 1.00 e. The first-order valence-electron chi connectivity index (χ1n) is 7.67. The molecule has 1 heterocycles. The van der Waals surface area contributed by atoms with Gasteiger partial charge in [0.25, 0.3) is 0 Å². The summed E-state index contributed by atoms with van der Waals surface area (Å²) in [6, 6.07) is 18.9. The van der Waals surface area contributed by atoms with Gasteiger partial charge in [0.15, 0.2) is 0 Å². The zero-order valence-corrected chi connectivity index (χ0v) is 16.2. The molecule has 0 atom stereocenters. The van der Waals surface area contributed by atoms with Crippen LogP contribution < -0.4 is 26.9 Å². The van der Waals surface area contributed by atoms with E-state index >= 15 is 0 Å². The summed E-state index contributed by atoms with van der Waals surface area (Å²) < 4.78 is 7.57. The Bertz CT molecular complexity index is 757. The second kappa shape index (κ2) is 8.97. The topological polar surface area (TPSA) is 25.1 Å². The van der Waals surface area contributed by atoms with Gasteiger partial charge >= 0.3 is 5.13 Å². The van der Waals surface area contributed by atoms with Gasteiger partial charge in [-0.3, -0.25) is 0 Å². The van der Waals surface area contributed by atoms with Crippen molar-refractivity contribution in [2.24, 2.45) is 0 Å². The summed E-state index contributed by atoms with van der Waals surface area (Å²) in [5.74, 6) is 0. The van der Waals surface area contributed by atoms with E-state index in [2.05, 4.69) is 58.6 Å². The van der Waals surface area contributed by atoms with E-state index < -0.39 is 0 Å². The number of ether oxygens (including phenoxy) is 1. The van der Waals surface area contributed by atoms with Gasteiger partial charge in [-0.05, 0) is 19.1 Å². The summed E-state index contributed by atoms with van der Waals surface area (Å²) in [6.07, 6.45) is 0. The minimum atomic E-state index is 0. The Morgan fingerprint density at radius 1 is 1.04 bits per heavy atom. The number of thiazole rings is 1. The van der Waals surface area contributed by atoms with Crippen molar-refractivity contribution in [1.82, 2.24) is 0 Å². The van der Waals surface area contributed by atoms with E-state index in [9.17, 15) is 0 Å². The summed E-state index contributed by atoms with van der Waals surface area (Å²) in [5, 5.41) is 6.82. The van der Waals surface area contributed by atoms with Crippen molar-refractivity contribution in [3.8, 4) is 11.3 Å². The van der Waals surface area contributed by atoms with Gasteiger partial charge in [-0.15, -0.1) is 0 Å². The molecule has 0 unspecified atom stereocenters. The number of anilines is 2. The molecule has 0 amide bonds. The summed E-state index contributed by atoms with van der Waals surface area (Å²) in [5.41, 5.74) is 4.81. The average Bonchev–Trinajstić information content (AvgIpc) is 2.97. The number of para-hydroxylation sites is 1. The molecule has 3 nitrogen and oxygen atoms in total. The van der Waals surface area contributed by atoms with Crippen LogP contribution in [0.1, 0.15) is 5.56 Å². The quantitative estimate of drug-likeness (QED) is 0.628. The molecule has 0 radical (unpaired) electrons. The smallest absolute Gasteiger partial charge is 0.339 e. The van der Waals surface area contributed by atoms with Crippen molar-refractivity contribution in [2.45, 2.75) is 13.5 Å². The summed E-state index contributed by atoms with van der Waals surface area (Å²) in [6.45, 7) is 3.61. The fourth-order valence-corrected chi connectivity index (χ4v) is 3.42. The van der Waals surface area contributed by atoms with Crippen molar-refractivity contribution in [2.75, 3.05) is 19.0 Å². The van der Waals surface area contributed by atoms with Gasteiger partial charge in [0, 0.05) is 18.1 Å². The number of nitrogens with one attached hydrogen (secondary N) is 1. The van der Waals surface area contributed by atoms with Crippen LogP contribution in [0.5, 0.6) is 0 Å². The van der Waals surface area contributed by atoms with Gasteiger partial charge in [0.1, 0.15) is 17.9 Å². The van der Waals surface area contributed by atoms with Gasteiger partial charge in [-0.25, -0.2) is 9.88 Å². The number of aryl methyl sites for hydroxylation is 1. The Morgan fingerprint density at radius 2 is 1.75 bits per heavy atom. The number of hydrogen-bond acceptors (Lipinski definition) is 3. The van der Waals surface area contributed by atoms with E-state index in [0.29, 0.717) is 6.61 Å². The maximum Gasteiger partial charge on any atom is 0.339 e. The number of nitrogens with zero attached hydrogens (tertiary/aromatic N) is 1. The molecule has 24 heavy (non-hydrogen) atoms. The first-order valence-corrected chi connectivity index (χ1v) is 8.55. The van der Waals surface area contributed by atoms with Crippen LogP contribution in [0.2, 0.25) is 0 Å². The molecular weight excluding hydrogens is 384 g/mol. The Balaban J connectivity index is 0.00000208. The third-order valence-corrected chi connectivity index (χ3v) is 4.60. The van der Waals surface area contributed by atoms with Crippen LogP contribution in [0.3, 0.4) is 0 Å². The summed E-state index contributed by atoms with van der Waals surface area (Å²) in [7, 11) is 1.74. The lowest BCUT2D eigenvalue weighted by molar-refractivity contribution is -0.669. The van der Waals surface area contributed by atoms with Gasteiger partial charge < -0.3 is 21.7 Å². The van der Waals surface area contributed by atoms with Crippen molar-refractivity contribution >= 4 is 22.2 Å². The highest BCUT2D eigenvalue weighted by molar-refractivity contribution is 7.13. The van der Waals surface area contributed by atoms with Crippen LogP contribution in [0, 0.1) is 6.92 Å². The summed E-state index contributed by atoms with van der Waals surface area (Å²) >= 11 is 1.72. The molecule has 3 rings (SSSR count). The molecule has 0 fully saturated rings. The standard InChI is InChI=1S/C19H20N2OS.BrH/c1-15-8-10-16(11-9-15)18-14-23-19(21(18)12-13-22-2)20-17-6-4-3-5-7-17;/h3-11,14H,12-13H2,1-2H3;1H. The zero-order valence-electron chi connectivity index (χ0n) is 13.8. The molecule has 5 heteroatoms. The molecule has 1 aromatic heterocycles. The maximum atomic E-state index is 5.29. The predicted molar refractivity (Wildman–Crippen MR) is 96.3 cm³/mol. The Morgan fingerprint density at radius 3 is 2.42 bits per heavy atom. The Labute approximate surface area is 157 Å². The van der Waals surface area contributed by atoms with Crippen molar-refractivity contribution in [3.63, 3.8) is 0 Å². The average molecular weight is 405 g/mol. The molecule has 2 aromatic carbocycles. The highest BCUT2D eigenvalue weighted by atomic mass is 79.9. The lowest BCUT2D eigenvalue weighted by Gasteiger charge is -2.06. The molecule has 0 saturated carbocycles. The second-order valence-electron chi connectivity index (χ2n) is 5.43. The van der Waals surface area contributed by atoms with E-state index in [1.807, 2.05) is 18.2 Å².